The van der Waals surface area contributed by atoms with Crippen molar-refractivity contribution in [2.24, 2.45) is 0 Å². The summed E-state index contributed by atoms with van der Waals surface area (Å²) in [5, 5.41) is 2.57. The molecule has 1 saturated heterocycles. The van der Waals surface area contributed by atoms with Crippen LogP contribution in [0.15, 0.2) is 35.2 Å². The average molecular weight is 297 g/mol. The molecule has 110 valence electrons. The maximum atomic E-state index is 12.4. The highest BCUT2D eigenvalue weighted by molar-refractivity contribution is 7.89. The Bertz CT molecular complexity index is 551. The van der Waals surface area contributed by atoms with Gasteiger partial charge in [-0.25, -0.2) is 8.42 Å². The fourth-order valence-electron chi connectivity index (χ4n) is 2.15. The quantitative estimate of drug-likeness (QED) is 0.831. The summed E-state index contributed by atoms with van der Waals surface area (Å²) < 4.78 is 26.3. The summed E-state index contributed by atoms with van der Waals surface area (Å²) in [7, 11) is -1.82. The number of hydrogen-bond acceptors (Lipinski definition) is 4. The molecule has 1 fully saturated rings. The number of rotatable bonds is 4. The van der Waals surface area contributed by atoms with Gasteiger partial charge in [0, 0.05) is 33.2 Å². The van der Waals surface area contributed by atoms with E-state index >= 15 is 0 Å². The average Bonchev–Trinajstić information content (AvgIpc) is 2.48. The van der Waals surface area contributed by atoms with Crippen LogP contribution >= 0.6 is 0 Å². The van der Waals surface area contributed by atoms with Crippen LogP contribution in [-0.4, -0.2) is 63.3 Å². The number of amides is 1. The Kier molecular flexibility index (Phi) is 4.74. The molecule has 6 nitrogen and oxygen atoms in total. The first-order valence-corrected chi connectivity index (χ1v) is 7.96. The van der Waals surface area contributed by atoms with Crippen LogP contribution in [0.2, 0.25) is 0 Å². The number of carbonyl (C=O) groups excluding carboxylic acids is 1. The van der Waals surface area contributed by atoms with E-state index < -0.39 is 10.0 Å². The zero-order valence-electron chi connectivity index (χ0n) is 11.4. The van der Waals surface area contributed by atoms with Crippen molar-refractivity contribution >= 4 is 15.9 Å². The van der Waals surface area contributed by atoms with E-state index in [-0.39, 0.29) is 5.91 Å². The Balaban J connectivity index is 1.99. The molecule has 1 aliphatic heterocycles. The maximum Gasteiger partial charge on any atom is 0.243 e. The maximum absolute atomic E-state index is 12.4. The summed E-state index contributed by atoms with van der Waals surface area (Å²) in [5.74, 6) is -0.0515. The third-order valence-electron chi connectivity index (χ3n) is 3.36. The lowest BCUT2D eigenvalue weighted by atomic mass is 10.3. The molecule has 0 spiro atoms. The van der Waals surface area contributed by atoms with E-state index in [1.807, 2.05) is 4.90 Å². The first kappa shape index (κ1) is 15.0. The van der Waals surface area contributed by atoms with Gasteiger partial charge in [0.2, 0.25) is 15.9 Å². The molecule has 0 atom stereocenters. The first-order valence-electron chi connectivity index (χ1n) is 6.52. The summed E-state index contributed by atoms with van der Waals surface area (Å²) in [6.45, 7) is 2.27. The number of sulfonamides is 1. The third-order valence-corrected chi connectivity index (χ3v) is 5.27. The fourth-order valence-corrected chi connectivity index (χ4v) is 3.59. The Hall–Kier alpha value is -1.44. The number of nitrogens with zero attached hydrogens (tertiary/aromatic N) is 2. The van der Waals surface area contributed by atoms with Gasteiger partial charge in [0.15, 0.2) is 0 Å². The van der Waals surface area contributed by atoms with Crippen LogP contribution in [0, 0.1) is 0 Å². The SMILES string of the molecule is CNC(=O)CN1CCN(S(=O)(=O)c2ccccc2)CC1. The summed E-state index contributed by atoms with van der Waals surface area (Å²) in [5.41, 5.74) is 0. The second-order valence-corrected chi connectivity index (χ2v) is 6.60. The predicted octanol–water partition coefficient (Wildman–Crippen LogP) is -0.261. The van der Waals surface area contributed by atoms with Gasteiger partial charge in [-0.15, -0.1) is 0 Å². The van der Waals surface area contributed by atoms with E-state index in [1.165, 1.54) is 4.31 Å². The minimum atomic E-state index is -3.41. The van der Waals surface area contributed by atoms with Gasteiger partial charge in [0.1, 0.15) is 0 Å². The molecule has 1 heterocycles. The van der Waals surface area contributed by atoms with E-state index in [9.17, 15) is 13.2 Å². The Morgan fingerprint density at radius 1 is 1.15 bits per heavy atom. The van der Waals surface area contributed by atoms with Gasteiger partial charge in [0.05, 0.1) is 11.4 Å². The van der Waals surface area contributed by atoms with Gasteiger partial charge in [-0.05, 0) is 12.1 Å². The van der Waals surface area contributed by atoms with Crippen LogP contribution in [0.4, 0.5) is 0 Å². The van der Waals surface area contributed by atoms with E-state index in [0.717, 1.165) is 0 Å². The van der Waals surface area contributed by atoms with E-state index in [1.54, 1.807) is 37.4 Å². The van der Waals surface area contributed by atoms with Gasteiger partial charge in [-0.3, -0.25) is 9.69 Å². The Morgan fingerprint density at radius 3 is 2.30 bits per heavy atom. The predicted molar refractivity (Wildman–Crippen MR) is 75.7 cm³/mol. The standard InChI is InChI=1S/C13H19N3O3S/c1-14-13(17)11-15-7-9-16(10-8-15)20(18,19)12-5-3-2-4-6-12/h2-6H,7-11H2,1H3,(H,14,17). The second kappa shape index (κ2) is 6.34. The first-order chi connectivity index (χ1) is 9.54. The monoisotopic (exact) mass is 297 g/mol. The van der Waals surface area contributed by atoms with Crippen molar-refractivity contribution < 1.29 is 13.2 Å². The highest BCUT2D eigenvalue weighted by Crippen LogP contribution is 2.16. The Labute approximate surface area is 119 Å². The molecule has 1 amide bonds. The molecule has 7 heteroatoms. The molecule has 1 aliphatic rings. The molecule has 1 N–H and O–H groups in total. The lowest BCUT2D eigenvalue weighted by molar-refractivity contribution is -0.122. The lowest BCUT2D eigenvalue weighted by Gasteiger charge is -2.33. The molecule has 1 aromatic carbocycles. The van der Waals surface area contributed by atoms with Crippen molar-refractivity contribution in [1.82, 2.24) is 14.5 Å². The zero-order valence-corrected chi connectivity index (χ0v) is 12.3. The van der Waals surface area contributed by atoms with Crippen molar-refractivity contribution in [3.63, 3.8) is 0 Å². The van der Waals surface area contributed by atoms with Crippen LogP contribution in [0.5, 0.6) is 0 Å². The molecule has 0 bridgehead atoms. The normalized spacial score (nSPS) is 17.9. The molecule has 1 aromatic rings. The molecular weight excluding hydrogens is 278 g/mol. The van der Waals surface area contributed by atoms with E-state index in [4.69, 9.17) is 0 Å². The smallest absolute Gasteiger partial charge is 0.243 e. The molecule has 20 heavy (non-hydrogen) atoms. The largest absolute Gasteiger partial charge is 0.358 e. The highest BCUT2D eigenvalue weighted by atomic mass is 32.2. The minimum absolute atomic E-state index is 0.0515. The van der Waals surface area contributed by atoms with E-state index in [0.29, 0.717) is 37.6 Å². The Morgan fingerprint density at radius 2 is 1.75 bits per heavy atom. The van der Waals surface area contributed by atoms with Gasteiger partial charge >= 0.3 is 0 Å². The summed E-state index contributed by atoms with van der Waals surface area (Å²) >= 11 is 0. The topological polar surface area (TPSA) is 69.7 Å². The van der Waals surface area contributed by atoms with Crippen LogP contribution in [-0.2, 0) is 14.8 Å². The number of nitrogens with one attached hydrogen (secondary N) is 1. The van der Waals surface area contributed by atoms with Crippen LogP contribution < -0.4 is 5.32 Å². The van der Waals surface area contributed by atoms with Crippen molar-refractivity contribution in [3.05, 3.63) is 30.3 Å². The van der Waals surface area contributed by atoms with Crippen molar-refractivity contribution in [1.29, 1.82) is 0 Å². The van der Waals surface area contributed by atoms with Gasteiger partial charge in [-0.1, -0.05) is 18.2 Å². The van der Waals surface area contributed by atoms with Crippen LogP contribution in [0.25, 0.3) is 0 Å². The molecule has 2 rings (SSSR count). The number of benzene rings is 1. The van der Waals surface area contributed by atoms with Crippen LogP contribution in [0.3, 0.4) is 0 Å². The molecule has 0 aromatic heterocycles. The van der Waals surface area contributed by atoms with Gasteiger partial charge < -0.3 is 5.32 Å². The number of likely N-dealkylation sites (N-methyl/N-ethyl adjacent to an activating group) is 1. The van der Waals surface area contributed by atoms with Gasteiger partial charge in [0.25, 0.3) is 0 Å². The van der Waals surface area contributed by atoms with E-state index in [2.05, 4.69) is 5.32 Å². The lowest BCUT2D eigenvalue weighted by Crippen LogP contribution is -2.50. The third kappa shape index (κ3) is 3.36. The van der Waals surface area contributed by atoms with Crippen molar-refractivity contribution in [3.8, 4) is 0 Å². The van der Waals surface area contributed by atoms with Gasteiger partial charge in [-0.2, -0.15) is 4.31 Å². The second-order valence-electron chi connectivity index (χ2n) is 4.67. The van der Waals surface area contributed by atoms with Crippen molar-refractivity contribution in [2.45, 2.75) is 4.90 Å². The minimum Gasteiger partial charge on any atom is -0.358 e. The molecule has 0 saturated carbocycles. The molecule has 0 radical (unpaired) electrons. The number of hydrogen-bond donors (Lipinski definition) is 1. The molecule has 0 unspecified atom stereocenters. The summed E-state index contributed by atoms with van der Waals surface area (Å²) in [4.78, 5) is 13.6. The van der Waals surface area contributed by atoms with Crippen LogP contribution in [0.1, 0.15) is 0 Å². The van der Waals surface area contributed by atoms with Crippen molar-refractivity contribution in [2.75, 3.05) is 39.8 Å². The summed E-state index contributed by atoms with van der Waals surface area (Å²) in [6.07, 6.45) is 0. The molecular formula is C13H19N3O3S. The number of carbonyl (C=O) groups is 1. The zero-order chi connectivity index (χ0) is 14.6. The summed E-state index contributed by atoms with van der Waals surface area (Å²) in [6, 6.07) is 8.43. The molecule has 0 aliphatic carbocycles. The fraction of sp³-hybridized carbons (Fsp3) is 0.462. The highest BCUT2D eigenvalue weighted by Gasteiger charge is 2.28. The number of piperazine rings is 1.